The van der Waals surface area contributed by atoms with E-state index in [2.05, 4.69) is 21.5 Å². The highest BCUT2D eigenvalue weighted by Gasteiger charge is 1.99. The molecular formula is C10H14ClN3OS. The Balaban J connectivity index is 0.00000225. The summed E-state index contributed by atoms with van der Waals surface area (Å²) in [5, 5.41) is 7.70. The number of halogens is 1. The summed E-state index contributed by atoms with van der Waals surface area (Å²) in [6, 6.07) is 0. The number of hydrogen-bond acceptors (Lipinski definition) is 4. The van der Waals surface area contributed by atoms with Crippen molar-refractivity contribution < 1.29 is 4.79 Å². The maximum Gasteiger partial charge on any atom is 0.222 e. The van der Waals surface area contributed by atoms with Crippen LogP contribution in [0.25, 0.3) is 0 Å². The molecule has 0 fully saturated rings. The molecule has 88 valence electrons. The lowest BCUT2D eigenvalue weighted by atomic mass is 10.4. The number of carbonyl (C=O) groups excluding carboxylic acids is 1. The summed E-state index contributed by atoms with van der Waals surface area (Å²) < 4.78 is 0. The summed E-state index contributed by atoms with van der Waals surface area (Å²) in [7, 11) is 0. The highest BCUT2D eigenvalue weighted by atomic mass is 35.5. The van der Waals surface area contributed by atoms with Gasteiger partial charge in [0.1, 0.15) is 0 Å². The van der Waals surface area contributed by atoms with Gasteiger partial charge in [-0.3, -0.25) is 4.79 Å². The van der Waals surface area contributed by atoms with Crippen molar-refractivity contribution in [2.24, 2.45) is 0 Å². The molecule has 1 amide bonds. The molecule has 0 saturated carbocycles. The van der Waals surface area contributed by atoms with E-state index < -0.39 is 0 Å². The second-order valence-corrected chi connectivity index (χ2v) is 3.61. The molecule has 2 N–H and O–H groups in total. The van der Waals surface area contributed by atoms with Crippen molar-refractivity contribution in [3.8, 4) is 12.3 Å². The van der Waals surface area contributed by atoms with Gasteiger partial charge in [0.05, 0.1) is 17.7 Å². The van der Waals surface area contributed by atoms with E-state index in [1.165, 1.54) is 0 Å². The molecule has 0 saturated heterocycles. The van der Waals surface area contributed by atoms with Gasteiger partial charge in [0.25, 0.3) is 0 Å². The molecule has 0 aromatic carbocycles. The van der Waals surface area contributed by atoms with Crippen molar-refractivity contribution in [3.63, 3.8) is 0 Å². The predicted molar refractivity (Wildman–Crippen MR) is 67.5 cm³/mol. The third kappa shape index (κ3) is 6.40. The molecule has 16 heavy (non-hydrogen) atoms. The number of rotatable bonds is 6. The SMILES string of the molecule is C#CCNC(=O)CCNCc1cscn1.Cl. The summed E-state index contributed by atoms with van der Waals surface area (Å²) >= 11 is 1.56. The Labute approximate surface area is 105 Å². The highest BCUT2D eigenvalue weighted by Crippen LogP contribution is 1.99. The van der Waals surface area contributed by atoms with Crippen molar-refractivity contribution >= 4 is 29.7 Å². The van der Waals surface area contributed by atoms with Gasteiger partial charge in [-0.15, -0.1) is 30.2 Å². The average Bonchev–Trinajstić information content (AvgIpc) is 2.74. The van der Waals surface area contributed by atoms with E-state index in [1.807, 2.05) is 5.38 Å². The number of terminal acetylenes is 1. The maximum atomic E-state index is 11.1. The predicted octanol–water partition coefficient (Wildman–Crippen LogP) is 0.794. The summed E-state index contributed by atoms with van der Waals surface area (Å²) in [6.45, 7) is 1.63. The smallest absolute Gasteiger partial charge is 0.222 e. The number of aromatic nitrogens is 1. The van der Waals surface area contributed by atoms with E-state index in [1.54, 1.807) is 16.8 Å². The molecule has 4 nitrogen and oxygen atoms in total. The van der Waals surface area contributed by atoms with Crippen LogP contribution in [0.4, 0.5) is 0 Å². The second-order valence-electron chi connectivity index (χ2n) is 2.89. The first kappa shape index (κ1) is 14.9. The average molecular weight is 260 g/mol. The van der Waals surface area contributed by atoms with Crippen LogP contribution in [0.5, 0.6) is 0 Å². The van der Waals surface area contributed by atoms with Crippen LogP contribution in [-0.4, -0.2) is 24.0 Å². The number of thiazole rings is 1. The van der Waals surface area contributed by atoms with Crippen LogP contribution in [0.15, 0.2) is 10.9 Å². The zero-order valence-corrected chi connectivity index (χ0v) is 10.4. The van der Waals surface area contributed by atoms with Gasteiger partial charge in [0.2, 0.25) is 5.91 Å². The highest BCUT2D eigenvalue weighted by molar-refractivity contribution is 7.07. The maximum absolute atomic E-state index is 11.1. The van der Waals surface area contributed by atoms with Crippen molar-refractivity contribution in [2.75, 3.05) is 13.1 Å². The zero-order valence-electron chi connectivity index (χ0n) is 8.73. The molecule has 0 atom stereocenters. The summed E-state index contributed by atoms with van der Waals surface area (Å²) in [6.07, 6.45) is 5.44. The Morgan fingerprint density at radius 2 is 2.44 bits per heavy atom. The molecule has 0 aliphatic rings. The van der Waals surface area contributed by atoms with Gasteiger partial charge in [-0.05, 0) is 0 Å². The standard InChI is InChI=1S/C10H13N3OS.ClH/c1-2-4-12-10(14)3-5-11-6-9-7-15-8-13-9;/h1,7-8,11H,3-6H2,(H,12,14);1H. The van der Waals surface area contributed by atoms with E-state index in [4.69, 9.17) is 6.42 Å². The number of nitrogens with one attached hydrogen (secondary N) is 2. The lowest BCUT2D eigenvalue weighted by Crippen LogP contribution is -2.27. The molecule has 0 spiro atoms. The fourth-order valence-corrected chi connectivity index (χ4v) is 1.54. The quantitative estimate of drug-likeness (QED) is 0.587. The molecule has 0 aliphatic carbocycles. The third-order valence-electron chi connectivity index (χ3n) is 1.71. The van der Waals surface area contributed by atoms with E-state index in [-0.39, 0.29) is 18.3 Å². The Morgan fingerprint density at radius 3 is 3.06 bits per heavy atom. The minimum atomic E-state index is -0.0290. The zero-order chi connectivity index (χ0) is 10.9. The second kappa shape index (κ2) is 9.16. The Bertz CT molecular complexity index is 334. The van der Waals surface area contributed by atoms with Crippen LogP contribution in [0.1, 0.15) is 12.1 Å². The van der Waals surface area contributed by atoms with E-state index >= 15 is 0 Å². The minimum Gasteiger partial charge on any atom is -0.345 e. The molecule has 0 unspecified atom stereocenters. The molecule has 0 radical (unpaired) electrons. The molecule has 1 rings (SSSR count). The van der Waals surface area contributed by atoms with Crippen LogP contribution in [-0.2, 0) is 11.3 Å². The Morgan fingerprint density at radius 1 is 1.62 bits per heavy atom. The van der Waals surface area contributed by atoms with Crippen molar-refractivity contribution in [3.05, 3.63) is 16.6 Å². The molecule has 0 aliphatic heterocycles. The van der Waals surface area contributed by atoms with Crippen LogP contribution >= 0.6 is 23.7 Å². The minimum absolute atomic E-state index is 0. The van der Waals surface area contributed by atoms with Crippen LogP contribution < -0.4 is 10.6 Å². The monoisotopic (exact) mass is 259 g/mol. The number of amides is 1. The lowest BCUT2D eigenvalue weighted by molar-refractivity contribution is -0.120. The first-order valence-electron chi connectivity index (χ1n) is 4.61. The third-order valence-corrected chi connectivity index (χ3v) is 2.34. The first-order chi connectivity index (χ1) is 7.33. The Hall–Kier alpha value is -1.09. The topological polar surface area (TPSA) is 54.0 Å². The van der Waals surface area contributed by atoms with E-state index in [0.717, 1.165) is 5.69 Å². The van der Waals surface area contributed by atoms with Gasteiger partial charge < -0.3 is 10.6 Å². The summed E-state index contributed by atoms with van der Waals surface area (Å²) in [4.78, 5) is 15.2. The van der Waals surface area contributed by atoms with E-state index in [9.17, 15) is 4.79 Å². The fourth-order valence-electron chi connectivity index (χ4n) is 0.981. The molecule has 6 heteroatoms. The Kier molecular flexibility index (Phi) is 8.53. The van der Waals surface area contributed by atoms with Crippen LogP contribution in [0.3, 0.4) is 0 Å². The normalized spacial score (nSPS) is 8.94. The van der Waals surface area contributed by atoms with Gasteiger partial charge in [-0.1, -0.05) is 5.92 Å². The molecule has 0 bridgehead atoms. The lowest BCUT2D eigenvalue weighted by Gasteiger charge is -2.02. The van der Waals surface area contributed by atoms with Gasteiger partial charge in [0.15, 0.2) is 0 Å². The van der Waals surface area contributed by atoms with Gasteiger partial charge >= 0.3 is 0 Å². The van der Waals surface area contributed by atoms with E-state index in [0.29, 0.717) is 26.1 Å². The molecule has 1 aromatic rings. The van der Waals surface area contributed by atoms with Gasteiger partial charge in [0, 0.05) is 24.9 Å². The largest absolute Gasteiger partial charge is 0.345 e. The number of carbonyl (C=O) groups is 1. The summed E-state index contributed by atoms with van der Waals surface area (Å²) in [5.74, 6) is 2.32. The number of hydrogen-bond donors (Lipinski definition) is 2. The van der Waals surface area contributed by atoms with Crippen molar-refractivity contribution in [1.29, 1.82) is 0 Å². The summed E-state index contributed by atoms with van der Waals surface area (Å²) in [5.41, 5.74) is 2.79. The van der Waals surface area contributed by atoms with Crippen molar-refractivity contribution in [1.82, 2.24) is 15.6 Å². The number of nitrogens with zero attached hydrogens (tertiary/aromatic N) is 1. The van der Waals surface area contributed by atoms with Crippen LogP contribution in [0.2, 0.25) is 0 Å². The van der Waals surface area contributed by atoms with Gasteiger partial charge in [-0.25, -0.2) is 4.98 Å². The first-order valence-corrected chi connectivity index (χ1v) is 5.55. The fraction of sp³-hybridized carbons (Fsp3) is 0.400. The van der Waals surface area contributed by atoms with Crippen LogP contribution in [0, 0.1) is 12.3 Å². The molecular weight excluding hydrogens is 246 g/mol. The molecule has 1 heterocycles. The van der Waals surface area contributed by atoms with Gasteiger partial charge in [-0.2, -0.15) is 0 Å². The van der Waals surface area contributed by atoms with Crippen molar-refractivity contribution in [2.45, 2.75) is 13.0 Å². The molecule has 1 aromatic heterocycles.